The van der Waals surface area contributed by atoms with E-state index in [2.05, 4.69) is 10.2 Å². The predicted octanol–water partition coefficient (Wildman–Crippen LogP) is 3.21. The average molecular weight is 258 g/mol. The fourth-order valence-electron chi connectivity index (χ4n) is 1.39. The molecule has 3 N–H and O–H groups in total. The highest BCUT2D eigenvalue weighted by Crippen LogP contribution is 2.25. The normalized spacial score (nSPS) is 10.7. The van der Waals surface area contributed by atoms with Crippen LogP contribution in [0.25, 0.3) is 0 Å². The minimum atomic E-state index is -1.24. The first kappa shape index (κ1) is 12.6. The van der Waals surface area contributed by atoms with E-state index in [1.54, 1.807) is 12.1 Å². The highest BCUT2D eigenvalue weighted by molar-refractivity contribution is 5.91. The molecule has 6 nitrogen and oxygen atoms in total. The average Bonchev–Trinajstić information content (AvgIpc) is 2.39. The van der Waals surface area contributed by atoms with Gasteiger partial charge in [0.2, 0.25) is 0 Å². The summed E-state index contributed by atoms with van der Waals surface area (Å²) in [4.78, 5) is 10.8. The zero-order valence-electron chi connectivity index (χ0n) is 9.69. The van der Waals surface area contributed by atoms with Gasteiger partial charge in [0.1, 0.15) is 17.1 Å². The van der Waals surface area contributed by atoms with Crippen molar-refractivity contribution in [2.75, 3.05) is 0 Å². The molecule has 0 aromatic heterocycles. The maximum Gasteiger partial charge on any atom is 0.339 e. The number of aromatic hydroxyl groups is 2. The molecule has 19 heavy (non-hydrogen) atoms. The predicted molar refractivity (Wildman–Crippen MR) is 67.3 cm³/mol. The molecule has 0 radical (unpaired) electrons. The van der Waals surface area contributed by atoms with Gasteiger partial charge in [-0.2, -0.15) is 10.2 Å². The maximum absolute atomic E-state index is 10.8. The number of carbonyl (C=O) groups is 1. The van der Waals surface area contributed by atoms with Crippen LogP contribution >= 0.6 is 0 Å². The summed E-state index contributed by atoms with van der Waals surface area (Å²) in [6.45, 7) is 0. The monoisotopic (exact) mass is 258 g/mol. The lowest BCUT2D eigenvalue weighted by molar-refractivity contribution is 0.0694. The van der Waals surface area contributed by atoms with Gasteiger partial charge in [0.15, 0.2) is 0 Å². The molecule has 2 aromatic carbocycles. The molecule has 0 unspecified atom stereocenters. The van der Waals surface area contributed by atoms with Crippen LogP contribution in [0.2, 0.25) is 0 Å². The molecule has 0 aliphatic carbocycles. The smallest absolute Gasteiger partial charge is 0.339 e. The summed E-state index contributed by atoms with van der Waals surface area (Å²) >= 11 is 0. The Morgan fingerprint density at radius 3 is 2.11 bits per heavy atom. The van der Waals surface area contributed by atoms with Crippen molar-refractivity contribution in [3.05, 3.63) is 48.0 Å². The number of azo groups is 1. The number of phenolic OH excluding ortho intramolecular Hbond substituents is 1. The van der Waals surface area contributed by atoms with Crippen LogP contribution in [-0.2, 0) is 0 Å². The number of hydrogen-bond donors (Lipinski definition) is 3. The topological polar surface area (TPSA) is 102 Å². The van der Waals surface area contributed by atoms with Crippen molar-refractivity contribution in [3.63, 3.8) is 0 Å². The molecule has 0 saturated carbocycles. The third-order valence-corrected chi connectivity index (χ3v) is 2.34. The van der Waals surface area contributed by atoms with Crippen molar-refractivity contribution >= 4 is 17.3 Å². The highest BCUT2D eigenvalue weighted by atomic mass is 16.4. The third kappa shape index (κ3) is 3.06. The van der Waals surface area contributed by atoms with Crippen LogP contribution in [0.5, 0.6) is 11.5 Å². The quantitative estimate of drug-likeness (QED) is 0.735. The molecule has 2 rings (SSSR count). The summed E-state index contributed by atoms with van der Waals surface area (Å²) in [5.74, 6) is -1.44. The van der Waals surface area contributed by atoms with Crippen LogP contribution in [0.1, 0.15) is 10.4 Å². The first-order valence-corrected chi connectivity index (χ1v) is 5.33. The Morgan fingerprint density at radius 2 is 1.47 bits per heavy atom. The maximum atomic E-state index is 10.8. The number of hydrogen-bond acceptors (Lipinski definition) is 5. The van der Waals surface area contributed by atoms with E-state index in [4.69, 9.17) is 10.2 Å². The Labute approximate surface area is 108 Å². The van der Waals surface area contributed by atoms with Gasteiger partial charge in [-0.1, -0.05) is 0 Å². The molecule has 0 bridgehead atoms. The van der Waals surface area contributed by atoms with Crippen LogP contribution < -0.4 is 0 Å². The Balaban J connectivity index is 2.26. The van der Waals surface area contributed by atoms with Crippen LogP contribution in [0.3, 0.4) is 0 Å². The van der Waals surface area contributed by atoms with Crippen molar-refractivity contribution in [1.29, 1.82) is 0 Å². The highest BCUT2D eigenvalue weighted by Gasteiger charge is 2.09. The molecule has 0 spiro atoms. The van der Waals surface area contributed by atoms with E-state index in [0.29, 0.717) is 11.4 Å². The fraction of sp³-hybridized carbons (Fsp3) is 0. The summed E-state index contributed by atoms with van der Waals surface area (Å²) in [6.07, 6.45) is 0. The molecular weight excluding hydrogens is 248 g/mol. The van der Waals surface area contributed by atoms with Gasteiger partial charge in [-0.25, -0.2) is 4.79 Å². The molecule has 6 heteroatoms. The molecule has 96 valence electrons. The molecule has 0 aliphatic rings. The number of aromatic carboxylic acids is 1. The van der Waals surface area contributed by atoms with Gasteiger partial charge in [-0.05, 0) is 42.5 Å². The van der Waals surface area contributed by atoms with Crippen molar-refractivity contribution < 1.29 is 20.1 Å². The van der Waals surface area contributed by atoms with E-state index in [-0.39, 0.29) is 17.1 Å². The van der Waals surface area contributed by atoms with E-state index in [0.717, 1.165) is 0 Å². The van der Waals surface area contributed by atoms with Crippen molar-refractivity contribution in [1.82, 2.24) is 0 Å². The Kier molecular flexibility index (Phi) is 3.42. The van der Waals surface area contributed by atoms with Gasteiger partial charge in [0.05, 0.1) is 11.4 Å². The van der Waals surface area contributed by atoms with Gasteiger partial charge >= 0.3 is 5.97 Å². The lowest BCUT2D eigenvalue weighted by Gasteiger charge is -1.99. The molecule has 0 saturated heterocycles. The van der Waals surface area contributed by atoms with Gasteiger partial charge in [-0.3, -0.25) is 0 Å². The van der Waals surface area contributed by atoms with Crippen LogP contribution in [-0.4, -0.2) is 21.3 Å². The second-order valence-corrected chi connectivity index (χ2v) is 3.72. The second-order valence-electron chi connectivity index (χ2n) is 3.72. The van der Waals surface area contributed by atoms with Crippen molar-refractivity contribution in [2.24, 2.45) is 10.2 Å². The summed E-state index contributed by atoms with van der Waals surface area (Å²) in [7, 11) is 0. The summed E-state index contributed by atoms with van der Waals surface area (Å²) < 4.78 is 0. The van der Waals surface area contributed by atoms with Gasteiger partial charge in [-0.15, -0.1) is 0 Å². The molecule has 0 atom stereocenters. The standard InChI is InChI=1S/C13H10N2O4/c16-10-4-1-8(2-5-10)14-15-9-3-6-12(17)11(7-9)13(18)19/h1-7,16-17H,(H,18,19)/b15-14-. The summed E-state index contributed by atoms with van der Waals surface area (Å²) in [6, 6.07) is 9.98. The SMILES string of the molecule is O=C(O)c1cc(/N=N\c2ccc(O)cc2)ccc1O. The van der Waals surface area contributed by atoms with Crippen LogP contribution in [0.4, 0.5) is 11.4 Å². The number of nitrogens with zero attached hydrogens (tertiary/aromatic N) is 2. The van der Waals surface area contributed by atoms with Gasteiger partial charge in [0.25, 0.3) is 0 Å². The van der Waals surface area contributed by atoms with Crippen molar-refractivity contribution in [3.8, 4) is 11.5 Å². The minimum Gasteiger partial charge on any atom is -0.508 e. The molecule has 0 aliphatic heterocycles. The molecular formula is C13H10N2O4. The largest absolute Gasteiger partial charge is 0.508 e. The molecule has 2 aromatic rings. The lowest BCUT2D eigenvalue weighted by Crippen LogP contribution is -1.95. The van der Waals surface area contributed by atoms with Gasteiger partial charge < -0.3 is 15.3 Å². The Morgan fingerprint density at radius 1 is 0.895 bits per heavy atom. The zero-order valence-corrected chi connectivity index (χ0v) is 9.69. The number of carboxylic acids is 1. The molecule has 0 amide bonds. The van der Waals surface area contributed by atoms with Crippen LogP contribution in [0.15, 0.2) is 52.7 Å². The van der Waals surface area contributed by atoms with Crippen molar-refractivity contribution in [2.45, 2.75) is 0 Å². The van der Waals surface area contributed by atoms with Gasteiger partial charge in [0, 0.05) is 0 Å². The van der Waals surface area contributed by atoms with Crippen LogP contribution in [0, 0.1) is 0 Å². The summed E-state index contributed by atoms with van der Waals surface area (Å²) in [5, 5.41) is 35.0. The zero-order chi connectivity index (χ0) is 13.8. The Bertz CT molecular complexity index is 636. The third-order valence-electron chi connectivity index (χ3n) is 2.34. The Hall–Kier alpha value is -2.89. The van der Waals surface area contributed by atoms with E-state index in [1.165, 1.54) is 30.3 Å². The minimum absolute atomic E-state index is 0.122. The lowest BCUT2D eigenvalue weighted by atomic mass is 10.2. The number of carboxylic acid groups (broad SMARTS) is 1. The van der Waals surface area contributed by atoms with E-state index in [1.807, 2.05) is 0 Å². The molecule has 0 fully saturated rings. The fourth-order valence-corrected chi connectivity index (χ4v) is 1.39. The second kappa shape index (κ2) is 5.18. The number of rotatable bonds is 3. The van der Waals surface area contributed by atoms with E-state index in [9.17, 15) is 9.90 Å². The number of benzene rings is 2. The van der Waals surface area contributed by atoms with E-state index < -0.39 is 5.97 Å². The molecule has 0 heterocycles. The summed E-state index contributed by atoms with van der Waals surface area (Å²) in [5.41, 5.74) is 0.591. The number of phenols is 2. The van der Waals surface area contributed by atoms with E-state index >= 15 is 0 Å². The first-order chi connectivity index (χ1) is 9.06. The first-order valence-electron chi connectivity index (χ1n) is 5.33.